The van der Waals surface area contributed by atoms with Crippen LogP contribution in [-0.2, 0) is 9.59 Å². The molecule has 2 amide bonds. The molecule has 1 rings (SSSR count). The average Bonchev–Trinajstić information content (AvgIpc) is 2.52. The number of hydrogen-bond acceptors (Lipinski definition) is 3. The molecule has 0 saturated carbocycles. The molecular weight excluding hydrogens is 266 g/mol. The van der Waals surface area contributed by atoms with Crippen LogP contribution in [0.25, 0.3) is 0 Å². The smallest absolute Gasteiger partial charge is 0.227 e. The summed E-state index contributed by atoms with van der Waals surface area (Å²) < 4.78 is 0. The minimum Gasteiger partial charge on any atom is -0.342 e. The van der Waals surface area contributed by atoms with Crippen molar-refractivity contribution < 1.29 is 9.59 Å². The molecule has 5 heteroatoms. The zero-order chi connectivity index (χ0) is 16.0. The zero-order valence-corrected chi connectivity index (χ0v) is 13.6. The number of carbonyl (C=O) groups excluding carboxylic acids is 2. The molecule has 0 aromatic carbocycles. The van der Waals surface area contributed by atoms with Gasteiger partial charge in [0.05, 0.1) is 18.4 Å². The molecule has 3 unspecified atom stereocenters. The number of hydrogen-bond donors (Lipinski definition) is 0. The molecule has 0 aromatic rings. The average molecular weight is 293 g/mol. The molecule has 118 valence electrons. The first-order valence-corrected chi connectivity index (χ1v) is 7.84. The molecule has 21 heavy (non-hydrogen) atoms. The van der Waals surface area contributed by atoms with Crippen LogP contribution in [0, 0.1) is 23.2 Å². The van der Waals surface area contributed by atoms with E-state index in [-0.39, 0.29) is 29.7 Å². The fraction of sp³-hybridized carbons (Fsp3) is 0.812. The van der Waals surface area contributed by atoms with E-state index < -0.39 is 0 Å². The van der Waals surface area contributed by atoms with Gasteiger partial charge in [0, 0.05) is 32.1 Å². The molecule has 1 fully saturated rings. The SMILES string of the molecule is CCC(C)C(=O)N1CCCC(C(=O)N(C)C(C)CC#N)C1. The second-order valence-electron chi connectivity index (χ2n) is 6.09. The van der Waals surface area contributed by atoms with Crippen LogP contribution in [0.1, 0.15) is 46.5 Å². The van der Waals surface area contributed by atoms with Gasteiger partial charge in [0.15, 0.2) is 0 Å². The molecule has 0 radical (unpaired) electrons. The Kier molecular flexibility index (Phi) is 6.67. The molecule has 0 spiro atoms. The van der Waals surface area contributed by atoms with Crippen LogP contribution < -0.4 is 0 Å². The third-order valence-electron chi connectivity index (χ3n) is 4.51. The highest BCUT2D eigenvalue weighted by atomic mass is 16.2. The lowest BCUT2D eigenvalue weighted by Crippen LogP contribution is -2.48. The van der Waals surface area contributed by atoms with Crippen LogP contribution >= 0.6 is 0 Å². The maximum absolute atomic E-state index is 12.5. The summed E-state index contributed by atoms with van der Waals surface area (Å²) in [5.41, 5.74) is 0. The molecule has 1 heterocycles. The van der Waals surface area contributed by atoms with Gasteiger partial charge in [0.1, 0.15) is 0 Å². The summed E-state index contributed by atoms with van der Waals surface area (Å²) in [7, 11) is 1.75. The molecule has 0 aliphatic carbocycles. The summed E-state index contributed by atoms with van der Waals surface area (Å²) in [6.07, 6.45) is 2.86. The molecule has 0 aromatic heterocycles. The number of nitrogens with zero attached hydrogens (tertiary/aromatic N) is 3. The van der Waals surface area contributed by atoms with Crippen LogP contribution in [-0.4, -0.2) is 47.8 Å². The lowest BCUT2D eigenvalue weighted by atomic mass is 9.94. The van der Waals surface area contributed by atoms with E-state index in [0.717, 1.165) is 25.8 Å². The van der Waals surface area contributed by atoms with Crippen LogP contribution in [0.3, 0.4) is 0 Å². The van der Waals surface area contributed by atoms with Crippen molar-refractivity contribution in [3.8, 4) is 6.07 Å². The lowest BCUT2D eigenvalue weighted by Gasteiger charge is -2.36. The summed E-state index contributed by atoms with van der Waals surface area (Å²) >= 11 is 0. The third kappa shape index (κ3) is 4.45. The molecule has 5 nitrogen and oxygen atoms in total. The van der Waals surface area contributed by atoms with Crippen LogP contribution in [0.15, 0.2) is 0 Å². The summed E-state index contributed by atoms with van der Waals surface area (Å²) in [6.45, 7) is 7.10. The number of rotatable bonds is 5. The number of likely N-dealkylation sites (tertiary alicyclic amines) is 1. The van der Waals surface area contributed by atoms with E-state index >= 15 is 0 Å². The van der Waals surface area contributed by atoms with E-state index in [0.29, 0.717) is 13.0 Å². The summed E-state index contributed by atoms with van der Waals surface area (Å²) in [6, 6.07) is 2.02. The fourth-order valence-electron chi connectivity index (χ4n) is 2.64. The molecule has 0 N–H and O–H groups in total. The van der Waals surface area contributed by atoms with Crippen molar-refractivity contribution in [2.45, 2.75) is 52.5 Å². The van der Waals surface area contributed by atoms with Crippen molar-refractivity contribution >= 4 is 11.8 Å². The molecule has 3 atom stereocenters. The molecule has 1 aliphatic rings. The van der Waals surface area contributed by atoms with Gasteiger partial charge in [-0.2, -0.15) is 5.26 Å². The maximum atomic E-state index is 12.5. The maximum Gasteiger partial charge on any atom is 0.227 e. The number of piperidine rings is 1. The second-order valence-corrected chi connectivity index (χ2v) is 6.09. The van der Waals surface area contributed by atoms with Crippen LogP contribution in [0.5, 0.6) is 0 Å². The van der Waals surface area contributed by atoms with Gasteiger partial charge >= 0.3 is 0 Å². The van der Waals surface area contributed by atoms with Gasteiger partial charge in [-0.05, 0) is 26.2 Å². The number of carbonyl (C=O) groups is 2. The van der Waals surface area contributed by atoms with E-state index in [1.54, 1.807) is 11.9 Å². The Labute approximate surface area is 127 Å². The highest BCUT2D eigenvalue weighted by Crippen LogP contribution is 2.21. The fourth-order valence-corrected chi connectivity index (χ4v) is 2.64. The highest BCUT2D eigenvalue weighted by Gasteiger charge is 2.32. The minimum absolute atomic E-state index is 0.0223. The zero-order valence-electron chi connectivity index (χ0n) is 13.6. The molecule has 0 bridgehead atoms. The first kappa shape index (κ1) is 17.5. The van der Waals surface area contributed by atoms with Crippen molar-refractivity contribution in [3.05, 3.63) is 0 Å². The van der Waals surface area contributed by atoms with E-state index in [9.17, 15) is 9.59 Å². The lowest BCUT2D eigenvalue weighted by molar-refractivity contribution is -0.142. The predicted molar refractivity (Wildman–Crippen MR) is 81.2 cm³/mol. The van der Waals surface area contributed by atoms with Gasteiger partial charge in [-0.3, -0.25) is 9.59 Å². The van der Waals surface area contributed by atoms with Gasteiger partial charge < -0.3 is 9.80 Å². The quantitative estimate of drug-likeness (QED) is 0.779. The first-order chi connectivity index (χ1) is 9.92. The Morgan fingerprint density at radius 3 is 2.67 bits per heavy atom. The largest absolute Gasteiger partial charge is 0.342 e. The van der Waals surface area contributed by atoms with Gasteiger partial charge in [0.2, 0.25) is 11.8 Å². The summed E-state index contributed by atoms with van der Waals surface area (Å²) in [5.74, 6) is 0.106. The third-order valence-corrected chi connectivity index (χ3v) is 4.51. The monoisotopic (exact) mass is 293 g/mol. The van der Waals surface area contributed by atoms with Gasteiger partial charge in [0.25, 0.3) is 0 Å². The van der Waals surface area contributed by atoms with E-state index in [1.807, 2.05) is 25.7 Å². The Hall–Kier alpha value is -1.57. The van der Waals surface area contributed by atoms with Crippen LogP contribution in [0.4, 0.5) is 0 Å². The number of nitriles is 1. The first-order valence-electron chi connectivity index (χ1n) is 7.84. The van der Waals surface area contributed by atoms with Crippen molar-refractivity contribution in [2.24, 2.45) is 11.8 Å². The molecule has 1 aliphatic heterocycles. The Morgan fingerprint density at radius 1 is 1.43 bits per heavy atom. The summed E-state index contributed by atoms with van der Waals surface area (Å²) in [5, 5.41) is 8.74. The predicted octanol–water partition coefficient (Wildman–Crippen LogP) is 2.03. The van der Waals surface area contributed by atoms with E-state index in [1.165, 1.54) is 0 Å². The van der Waals surface area contributed by atoms with Gasteiger partial charge in [-0.15, -0.1) is 0 Å². The van der Waals surface area contributed by atoms with E-state index in [2.05, 4.69) is 6.07 Å². The number of amides is 2. The minimum atomic E-state index is -0.127. The summed E-state index contributed by atoms with van der Waals surface area (Å²) in [4.78, 5) is 28.3. The van der Waals surface area contributed by atoms with E-state index in [4.69, 9.17) is 5.26 Å². The second kappa shape index (κ2) is 8.02. The Balaban J connectivity index is 2.66. The highest BCUT2D eigenvalue weighted by molar-refractivity contribution is 5.82. The molecule has 1 saturated heterocycles. The van der Waals surface area contributed by atoms with Gasteiger partial charge in [-0.1, -0.05) is 13.8 Å². The molecular formula is C16H27N3O2. The van der Waals surface area contributed by atoms with Crippen molar-refractivity contribution in [3.63, 3.8) is 0 Å². The normalized spacial score (nSPS) is 21.3. The van der Waals surface area contributed by atoms with Gasteiger partial charge in [-0.25, -0.2) is 0 Å². The van der Waals surface area contributed by atoms with Crippen molar-refractivity contribution in [1.29, 1.82) is 5.26 Å². The Morgan fingerprint density at radius 2 is 2.10 bits per heavy atom. The van der Waals surface area contributed by atoms with Crippen LogP contribution in [0.2, 0.25) is 0 Å². The Bertz CT molecular complexity index is 416. The van der Waals surface area contributed by atoms with Crippen molar-refractivity contribution in [2.75, 3.05) is 20.1 Å². The van der Waals surface area contributed by atoms with Crippen molar-refractivity contribution in [1.82, 2.24) is 9.80 Å². The topological polar surface area (TPSA) is 64.4 Å². The standard InChI is InChI=1S/C16H27N3O2/c1-5-12(2)15(20)19-10-6-7-14(11-19)16(21)18(4)13(3)8-9-17/h12-14H,5-8,10-11H2,1-4H3.